The predicted molar refractivity (Wildman–Crippen MR) is 515 cm³/mol. The second-order valence-corrected chi connectivity index (χ2v) is 37.3. The zero-order valence-electron chi connectivity index (χ0n) is 83.6. The van der Waals surface area contributed by atoms with E-state index in [1.165, 1.54) is 98.8 Å². The number of carbonyl (C=O) groups is 22. The molecule has 5 rings (SSSR count). The van der Waals surface area contributed by atoms with Gasteiger partial charge in [-0.15, -0.1) is 0 Å². The van der Waals surface area contributed by atoms with Gasteiger partial charge in [0.2, 0.25) is 118 Å². The molecule has 19 atom stereocenters. The van der Waals surface area contributed by atoms with E-state index in [2.05, 4.69) is 101 Å². The summed E-state index contributed by atoms with van der Waals surface area (Å²) < 4.78 is 56.8. The molecule has 28 N–H and O–H groups in total. The average molecular weight is 2080 g/mol. The van der Waals surface area contributed by atoms with E-state index in [0.29, 0.717) is 35.9 Å². The second kappa shape index (κ2) is 57.0. The van der Waals surface area contributed by atoms with Gasteiger partial charge in [-0.05, 0) is 173 Å². The number of fused-ring (bicyclic) bond motifs is 1. The molecule has 0 saturated carbocycles. The van der Waals surface area contributed by atoms with E-state index in [9.17, 15) is 134 Å². The number of H-pyrrole nitrogens is 1. The van der Waals surface area contributed by atoms with Crippen molar-refractivity contribution in [1.82, 2.24) is 101 Å². The van der Waals surface area contributed by atoms with Crippen LogP contribution in [0.25, 0.3) is 10.9 Å². The summed E-state index contributed by atoms with van der Waals surface area (Å²) in [7, 11) is 0. The van der Waals surface area contributed by atoms with Crippen LogP contribution in [-0.4, -0.2) is 281 Å². The number of aliphatic hydroxyl groups excluding tert-OH is 2. The number of aromatic nitrogens is 1. The van der Waals surface area contributed by atoms with Gasteiger partial charge < -0.3 is 138 Å². The van der Waals surface area contributed by atoms with E-state index in [1.807, 2.05) is 0 Å². The van der Waals surface area contributed by atoms with Gasteiger partial charge in [-0.2, -0.15) is 13.2 Å². The Morgan fingerprint density at radius 1 is 0.469 bits per heavy atom. The first-order valence-corrected chi connectivity index (χ1v) is 47.6. The van der Waals surface area contributed by atoms with Crippen LogP contribution < -0.4 is 107 Å². The summed E-state index contributed by atoms with van der Waals surface area (Å²) in [6.07, 6.45) is -10.4. The van der Waals surface area contributed by atoms with Crippen molar-refractivity contribution in [1.29, 1.82) is 0 Å². The first kappa shape index (κ1) is 122. The molecule has 20 amide bonds. The summed E-state index contributed by atoms with van der Waals surface area (Å²) >= 11 is 0. The molecule has 52 heteroatoms. The third-order valence-electron chi connectivity index (χ3n) is 24.0. The maximum Gasteiger partial charge on any atom is 0.416 e. The van der Waals surface area contributed by atoms with Crippen LogP contribution in [0.1, 0.15) is 209 Å². The van der Waals surface area contributed by atoms with Crippen LogP contribution in [0.4, 0.5) is 17.6 Å². The average Bonchev–Trinajstić information content (AvgIpc) is 1.69. The Balaban J connectivity index is 1.47. The molecule has 0 radical (unpaired) electrons. The molecule has 147 heavy (non-hydrogen) atoms. The SMILES string of the molecule is CC(=O)N[C@@H](C(=O)N[C@H](C)C(=O)N[C@H](Cc1c[nH]c2cc(F)ccc12)C(=O)N[C@H](Cc1ccc(O)cc1)C(=O)N[C@H](C)C(=O)NC1(C)CCCCCCCCC(C)(C(=O)N[C@H](CC(C)C)C(=O)N[C@H](CO)C(=O)N[C@H](C)C(=O)N[C@H](C)C(=O)N[C@H](C)C(=O)N[C@H](CCC(=O)O)C(=O)N[C@H](C)C(=O)N[C@H](C)C(N)=O)NC(=O)[C@@H](CCC(N)=O)NC(=O)[C@@H](CCC(=O)O)NC(=O)[C@@H](Cc2ccc(C(F)(F)F)cc2)NC1=O)[C@H](C)O. The lowest BCUT2D eigenvalue weighted by Gasteiger charge is -2.34. The molecule has 1 saturated heterocycles. The molecule has 3 aromatic carbocycles. The highest BCUT2D eigenvalue weighted by atomic mass is 19.4. The van der Waals surface area contributed by atoms with Crippen molar-refractivity contribution in [3.63, 3.8) is 0 Å². The van der Waals surface area contributed by atoms with E-state index in [-0.39, 0.29) is 73.8 Å². The van der Waals surface area contributed by atoms with Gasteiger partial charge in [0, 0.05) is 62.5 Å². The predicted octanol–water partition coefficient (Wildman–Crippen LogP) is -3.24. The van der Waals surface area contributed by atoms with Gasteiger partial charge in [0.05, 0.1) is 18.3 Å². The molecule has 2 unspecified atom stereocenters. The fraction of sp³-hybridized carbons (Fsp3) is 0.558. The minimum atomic E-state index is -4.89. The van der Waals surface area contributed by atoms with Crippen LogP contribution >= 0.6 is 0 Å². The molecule has 1 aromatic heterocycles. The summed E-state index contributed by atoms with van der Waals surface area (Å²) in [6.45, 7) is 15.2. The number of aliphatic carboxylic acids is 2. The Morgan fingerprint density at radius 3 is 1.41 bits per heavy atom. The molecule has 2 heterocycles. The Bertz CT molecular complexity index is 5400. The van der Waals surface area contributed by atoms with Crippen LogP contribution in [0.5, 0.6) is 5.75 Å². The number of benzene rings is 3. The maximum absolute atomic E-state index is 15.4. The summed E-state index contributed by atoms with van der Waals surface area (Å²) in [5, 5.41) is 94.5. The third-order valence-corrected chi connectivity index (χ3v) is 24.0. The number of primary amides is 2. The zero-order chi connectivity index (χ0) is 111. The topological polar surface area (TPSA) is 761 Å². The van der Waals surface area contributed by atoms with Crippen LogP contribution in [-0.2, 0) is 131 Å². The molecule has 0 bridgehead atoms. The number of nitrogens with two attached hydrogens (primary N) is 2. The van der Waals surface area contributed by atoms with Gasteiger partial charge in [0.15, 0.2) is 0 Å². The fourth-order valence-electron chi connectivity index (χ4n) is 15.2. The monoisotopic (exact) mass is 2080 g/mol. The van der Waals surface area contributed by atoms with E-state index in [0.717, 1.165) is 38.1 Å². The van der Waals surface area contributed by atoms with Crippen LogP contribution in [0.15, 0.2) is 72.9 Å². The zero-order valence-corrected chi connectivity index (χ0v) is 83.6. The lowest BCUT2D eigenvalue weighted by molar-refractivity contribution is -0.140. The molecule has 1 aliphatic rings. The quantitative estimate of drug-likeness (QED) is 0.0193. The van der Waals surface area contributed by atoms with Crippen molar-refractivity contribution in [3.8, 4) is 5.75 Å². The number of carbonyl (C=O) groups excluding carboxylic acids is 20. The Labute approximate surface area is 843 Å². The lowest BCUT2D eigenvalue weighted by atomic mass is 9.90. The van der Waals surface area contributed by atoms with E-state index >= 15 is 14.4 Å². The number of phenols is 1. The van der Waals surface area contributed by atoms with Gasteiger partial charge in [-0.25, -0.2) is 4.39 Å². The second-order valence-electron chi connectivity index (χ2n) is 37.3. The normalized spacial score (nSPS) is 19.5. The number of phenolic OH excluding ortho intramolecular Hbond substituents is 1. The van der Waals surface area contributed by atoms with Crippen molar-refractivity contribution in [2.45, 2.75) is 326 Å². The molecule has 48 nitrogen and oxygen atoms in total. The van der Waals surface area contributed by atoms with Crippen LogP contribution in [0.3, 0.4) is 0 Å². The number of halogens is 4. The first-order valence-electron chi connectivity index (χ1n) is 47.6. The van der Waals surface area contributed by atoms with Crippen molar-refractivity contribution < 1.29 is 149 Å². The molecule has 810 valence electrons. The number of aromatic hydroxyl groups is 1. The minimum absolute atomic E-state index is 0.0292. The van der Waals surface area contributed by atoms with Crippen LogP contribution in [0, 0.1) is 11.7 Å². The number of amides is 20. The lowest BCUT2D eigenvalue weighted by Crippen LogP contribution is -2.65. The molecule has 1 aliphatic heterocycles. The molecular weight excluding hydrogens is 1940 g/mol. The smallest absolute Gasteiger partial charge is 0.416 e. The van der Waals surface area contributed by atoms with Gasteiger partial charge in [-0.1, -0.05) is 76.6 Å². The van der Waals surface area contributed by atoms with Crippen molar-refractivity contribution in [2.75, 3.05) is 6.61 Å². The number of hydrogen-bond donors (Lipinski definition) is 26. The van der Waals surface area contributed by atoms with Crippen molar-refractivity contribution >= 4 is 141 Å². The van der Waals surface area contributed by atoms with Gasteiger partial charge in [-0.3, -0.25) is 105 Å². The highest BCUT2D eigenvalue weighted by molar-refractivity contribution is 6.03. The molecule has 0 spiro atoms. The number of carboxylic acids is 2. The van der Waals surface area contributed by atoms with Gasteiger partial charge in [0.1, 0.15) is 119 Å². The number of hydrogen-bond acceptors (Lipinski definition) is 25. The third kappa shape index (κ3) is 40.1. The largest absolute Gasteiger partial charge is 0.508 e. The summed E-state index contributed by atoms with van der Waals surface area (Å²) in [4.78, 5) is 305. The maximum atomic E-state index is 15.4. The Morgan fingerprint density at radius 2 is 0.905 bits per heavy atom. The highest BCUT2D eigenvalue weighted by Gasteiger charge is 2.45. The van der Waals surface area contributed by atoms with E-state index < -0.39 is 325 Å². The van der Waals surface area contributed by atoms with E-state index in [4.69, 9.17) is 11.5 Å². The summed E-state index contributed by atoms with van der Waals surface area (Å²) in [6, 6.07) is -14.0. The Kier molecular flexibility index (Phi) is 47.5. The number of alkyl halides is 3. The molecule has 4 aromatic rings. The van der Waals surface area contributed by atoms with Crippen molar-refractivity contribution in [2.24, 2.45) is 17.4 Å². The fourth-order valence-corrected chi connectivity index (χ4v) is 15.2. The molecule has 0 aliphatic carbocycles. The van der Waals surface area contributed by atoms with E-state index in [1.54, 1.807) is 13.8 Å². The number of carboxylic acid groups (broad SMARTS) is 2. The van der Waals surface area contributed by atoms with Crippen LogP contribution in [0.2, 0.25) is 0 Å². The number of aliphatic hydroxyl groups is 2. The summed E-state index contributed by atoms with van der Waals surface area (Å²) in [5.74, 6) is -25.7. The number of rotatable bonds is 47. The van der Waals surface area contributed by atoms with Crippen molar-refractivity contribution in [3.05, 3.63) is 101 Å². The first-order chi connectivity index (χ1) is 68.6. The van der Waals surface area contributed by atoms with Gasteiger partial charge in [0.25, 0.3) is 0 Å². The highest BCUT2D eigenvalue weighted by Crippen LogP contribution is 2.31. The summed E-state index contributed by atoms with van der Waals surface area (Å²) in [5.41, 5.74) is 6.08. The number of aromatic amines is 1. The minimum Gasteiger partial charge on any atom is -0.508 e. The van der Waals surface area contributed by atoms with Gasteiger partial charge >= 0.3 is 18.1 Å². The standard InChI is InChI=1S/C95H135F4N21O27/c1-45(2)38-66(85(140)116-70(44-121)88(143)107-49(6)78(133)104-47(4)77(132)105-50(7)79(134)111-62(31-34-72(126)127)82(137)106-48(5)76(131)103-46(3)75(101)130)117-92(147)94(13)37-19-17-15-14-16-18-36-93(12,91(146)118-68(40-55-20-24-58(25-21-55)95(97,98)99)86(141)112-63(32-35-73(128)129)83(138)113-64(89(144)120-94)30-33-71(100)125)119-81(136)52(9)108-84(139)67(39-56-22-27-60(124)28-23-56)115-87(142)69(41-57-43-102-65-42-59(96)26-29-61(57)65)114-80(135)51(8)109-90(145)74(53(10)122)110-54(11)123/h20-29,42-43,45-53,62-64,66-70,74,102,121-122,124H,14-19,30-41,44H2,1-13H3,(H2,100,125)(H2,101,130)(H,103,131)(H,104,133)(H,105,132)(H,106,137)(H,107,143)(H,108,139)(H,109,145)(H,110,123)(H,111,134)(H,112,141)(H,113,138)(H,114,135)(H,115,142)(H,116,140)(H,117,147)(H,118,146)(H,119,136)(H,120,144)(H,126,127)(H,128,129)/t46-,47-,48-,49-,50-,51-,52-,53+,62-,63-,64-,66-,67-,68-,69-,70-,74-,93?,94?/m1/s1. The number of nitrogens with one attached hydrogen (secondary N) is 19. The molecule has 1 fully saturated rings. The molecular formula is C95H135F4N21O27. The Hall–Kier alpha value is -15.0.